The molecule has 96 valence electrons. The van der Waals surface area contributed by atoms with Crippen molar-refractivity contribution >= 4 is 0 Å². The molecule has 2 N–H and O–H groups in total. The molecule has 2 heteroatoms. The van der Waals surface area contributed by atoms with E-state index >= 15 is 0 Å². The predicted octanol–water partition coefficient (Wildman–Crippen LogP) is 2.80. The van der Waals surface area contributed by atoms with Gasteiger partial charge in [0.2, 0.25) is 0 Å². The Kier molecular flexibility index (Phi) is 6.23. The Balaban J connectivity index is 2.42. The summed E-state index contributed by atoms with van der Waals surface area (Å²) >= 11 is 0. The molecule has 0 saturated heterocycles. The van der Waals surface area contributed by atoms with Gasteiger partial charge in [0.1, 0.15) is 0 Å². The van der Waals surface area contributed by atoms with Crippen molar-refractivity contribution in [3.05, 3.63) is 34.9 Å². The van der Waals surface area contributed by atoms with Crippen molar-refractivity contribution in [1.29, 1.82) is 0 Å². The molecule has 0 heterocycles. The van der Waals surface area contributed by atoms with Gasteiger partial charge < -0.3 is 10.4 Å². The molecule has 0 amide bonds. The molecule has 0 aliphatic heterocycles. The fourth-order valence-electron chi connectivity index (χ4n) is 2.05. The minimum atomic E-state index is 0.295. The van der Waals surface area contributed by atoms with Crippen LogP contribution in [0.1, 0.15) is 36.5 Å². The van der Waals surface area contributed by atoms with Crippen molar-refractivity contribution in [1.82, 2.24) is 5.32 Å². The van der Waals surface area contributed by atoms with E-state index in [0.29, 0.717) is 12.5 Å². The Hall–Kier alpha value is -0.860. The molecule has 0 spiro atoms. The molecule has 2 nitrogen and oxygen atoms in total. The first-order valence-electron chi connectivity index (χ1n) is 6.55. The maximum atomic E-state index is 8.94. The first kappa shape index (κ1) is 14.2. The Bertz CT molecular complexity index is 336. The Morgan fingerprint density at radius 3 is 2.71 bits per heavy atom. The fraction of sp³-hybridized carbons (Fsp3) is 0.600. The van der Waals surface area contributed by atoms with E-state index in [0.717, 1.165) is 25.9 Å². The highest BCUT2D eigenvalue weighted by molar-refractivity contribution is 5.32. The van der Waals surface area contributed by atoms with E-state index in [1.54, 1.807) is 0 Å². The Labute approximate surface area is 105 Å². The first-order valence-corrected chi connectivity index (χ1v) is 6.55. The van der Waals surface area contributed by atoms with E-state index < -0.39 is 0 Å². The topological polar surface area (TPSA) is 32.3 Å². The molecule has 1 atom stereocenters. The molecular formula is C15H25NO. The predicted molar refractivity (Wildman–Crippen MR) is 73.1 cm³/mol. The van der Waals surface area contributed by atoms with Gasteiger partial charge in [0, 0.05) is 13.2 Å². The van der Waals surface area contributed by atoms with E-state index in [9.17, 15) is 0 Å². The number of benzene rings is 1. The number of hydrogen-bond acceptors (Lipinski definition) is 2. The second kappa shape index (κ2) is 7.46. The van der Waals surface area contributed by atoms with Gasteiger partial charge in [0.25, 0.3) is 0 Å². The van der Waals surface area contributed by atoms with Crippen LogP contribution in [0.15, 0.2) is 18.2 Å². The molecule has 0 aromatic heterocycles. The Morgan fingerprint density at radius 2 is 2.06 bits per heavy atom. The molecule has 1 unspecified atom stereocenters. The van der Waals surface area contributed by atoms with Crippen LogP contribution >= 0.6 is 0 Å². The zero-order chi connectivity index (χ0) is 12.7. The average molecular weight is 235 g/mol. The number of aryl methyl sites for hydroxylation is 1. The van der Waals surface area contributed by atoms with Gasteiger partial charge in [-0.1, -0.05) is 31.5 Å². The lowest BCUT2D eigenvalue weighted by atomic mass is 10.0. The third kappa shape index (κ3) is 4.49. The van der Waals surface area contributed by atoms with E-state index in [4.69, 9.17) is 5.11 Å². The lowest BCUT2D eigenvalue weighted by Crippen LogP contribution is -2.23. The SMILES string of the molecule is CCC(CCO)CNCc1cccc(C)c1C. The smallest absolute Gasteiger partial charge is 0.0434 e. The van der Waals surface area contributed by atoms with Crippen molar-refractivity contribution in [3.63, 3.8) is 0 Å². The van der Waals surface area contributed by atoms with Crippen LogP contribution in [0.5, 0.6) is 0 Å². The van der Waals surface area contributed by atoms with E-state index in [1.807, 2.05) is 0 Å². The van der Waals surface area contributed by atoms with Gasteiger partial charge in [-0.25, -0.2) is 0 Å². The summed E-state index contributed by atoms with van der Waals surface area (Å²) in [4.78, 5) is 0. The number of rotatable bonds is 7. The summed E-state index contributed by atoms with van der Waals surface area (Å²) in [5.74, 6) is 0.588. The van der Waals surface area contributed by atoms with Gasteiger partial charge in [-0.05, 0) is 49.4 Å². The summed E-state index contributed by atoms with van der Waals surface area (Å²) in [6, 6.07) is 6.45. The molecule has 1 aromatic rings. The molecule has 0 bridgehead atoms. The van der Waals surface area contributed by atoms with Crippen LogP contribution in [0.3, 0.4) is 0 Å². The van der Waals surface area contributed by atoms with Crippen molar-refractivity contribution < 1.29 is 5.11 Å². The molecule has 17 heavy (non-hydrogen) atoms. The molecule has 0 aliphatic carbocycles. The van der Waals surface area contributed by atoms with Crippen LogP contribution < -0.4 is 5.32 Å². The zero-order valence-electron chi connectivity index (χ0n) is 11.3. The van der Waals surface area contributed by atoms with Gasteiger partial charge in [-0.15, -0.1) is 0 Å². The first-order chi connectivity index (χ1) is 8.19. The van der Waals surface area contributed by atoms with Gasteiger partial charge in [0.05, 0.1) is 0 Å². The highest BCUT2D eigenvalue weighted by Gasteiger charge is 2.05. The van der Waals surface area contributed by atoms with Crippen molar-refractivity contribution in [2.24, 2.45) is 5.92 Å². The number of aliphatic hydroxyl groups excluding tert-OH is 1. The largest absolute Gasteiger partial charge is 0.396 e. The van der Waals surface area contributed by atoms with E-state index in [2.05, 4.69) is 44.3 Å². The summed E-state index contributed by atoms with van der Waals surface area (Å²) in [5, 5.41) is 12.4. The molecule has 0 aliphatic rings. The molecule has 0 fully saturated rings. The second-order valence-corrected chi connectivity index (χ2v) is 4.78. The van der Waals surface area contributed by atoms with Crippen LogP contribution in [0.4, 0.5) is 0 Å². The van der Waals surface area contributed by atoms with E-state index in [-0.39, 0.29) is 0 Å². The highest BCUT2D eigenvalue weighted by Crippen LogP contribution is 2.13. The van der Waals surface area contributed by atoms with Gasteiger partial charge in [0.15, 0.2) is 0 Å². The van der Waals surface area contributed by atoms with Gasteiger partial charge in [-0.3, -0.25) is 0 Å². The minimum absolute atomic E-state index is 0.295. The summed E-state index contributed by atoms with van der Waals surface area (Å²) in [5.41, 5.74) is 4.12. The summed E-state index contributed by atoms with van der Waals surface area (Å²) in [6.07, 6.45) is 2.02. The van der Waals surface area contributed by atoms with Crippen molar-refractivity contribution in [3.8, 4) is 0 Å². The molecular weight excluding hydrogens is 210 g/mol. The third-order valence-electron chi connectivity index (χ3n) is 3.58. The molecule has 1 rings (SSSR count). The lowest BCUT2D eigenvalue weighted by Gasteiger charge is -2.15. The lowest BCUT2D eigenvalue weighted by molar-refractivity contribution is 0.251. The normalized spacial score (nSPS) is 12.7. The quantitative estimate of drug-likeness (QED) is 0.761. The summed E-state index contributed by atoms with van der Waals surface area (Å²) in [7, 11) is 0. The summed E-state index contributed by atoms with van der Waals surface area (Å²) in [6.45, 7) is 8.72. The molecule has 1 aromatic carbocycles. The number of hydrogen-bond donors (Lipinski definition) is 2. The van der Waals surface area contributed by atoms with Crippen molar-refractivity contribution in [2.75, 3.05) is 13.2 Å². The van der Waals surface area contributed by atoms with Crippen molar-refractivity contribution in [2.45, 2.75) is 40.2 Å². The standard InChI is InChI=1S/C15H25NO/c1-4-14(8-9-17)10-16-11-15-7-5-6-12(2)13(15)3/h5-7,14,16-17H,4,8-11H2,1-3H3. The Morgan fingerprint density at radius 1 is 1.29 bits per heavy atom. The van der Waals surface area contributed by atoms with Crippen LogP contribution in [0.2, 0.25) is 0 Å². The van der Waals surface area contributed by atoms with E-state index in [1.165, 1.54) is 16.7 Å². The molecule has 0 radical (unpaired) electrons. The number of aliphatic hydroxyl groups is 1. The number of nitrogens with one attached hydrogen (secondary N) is 1. The van der Waals surface area contributed by atoms with Gasteiger partial charge >= 0.3 is 0 Å². The van der Waals surface area contributed by atoms with Gasteiger partial charge in [-0.2, -0.15) is 0 Å². The second-order valence-electron chi connectivity index (χ2n) is 4.78. The summed E-state index contributed by atoms with van der Waals surface area (Å²) < 4.78 is 0. The monoisotopic (exact) mass is 235 g/mol. The minimum Gasteiger partial charge on any atom is -0.396 e. The molecule has 0 saturated carbocycles. The van der Waals surface area contributed by atoms with Crippen LogP contribution in [0, 0.1) is 19.8 Å². The van der Waals surface area contributed by atoms with Crippen LogP contribution in [0.25, 0.3) is 0 Å². The highest BCUT2D eigenvalue weighted by atomic mass is 16.3. The third-order valence-corrected chi connectivity index (χ3v) is 3.58. The fourth-order valence-corrected chi connectivity index (χ4v) is 2.05. The average Bonchev–Trinajstić information content (AvgIpc) is 2.33. The van der Waals surface area contributed by atoms with Crippen LogP contribution in [-0.4, -0.2) is 18.3 Å². The van der Waals surface area contributed by atoms with Crippen LogP contribution in [-0.2, 0) is 6.54 Å². The zero-order valence-corrected chi connectivity index (χ0v) is 11.3. The maximum Gasteiger partial charge on any atom is 0.0434 e. The maximum absolute atomic E-state index is 8.94.